The van der Waals surface area contributed by atoms with Gasteiger partial charge >= 0.3 is 0 Å². The zero-order valence-electron chi connectivity index (χ0n) is 13.9. The van der Waals surface area contributed by atoms with Crippen LogP contribution in [0.3, 0.4) is 0 Å². The number of H-pyrrole nitrogens is 1. The highest BCUT2D eigenvalue weighted by atomic mass is 16.2. The Morgan fingerprint density at radius 3 is 2.75 bits per heavy atom. The number of aromatic amines is 1. The van der Waals surface area contributed by atoms with Crippen LogP contribution in [-0.4, -0.2) is 69.8 Å². The first-order valence-corrected chi connectivity index (χ1v) is 7.51. The lowest BCUT2D eigenvalue weighted by Crippen LogP contribution is -2.40. The molecule has 0 fully saturated rings. The van der Waals surface area contributed by atoms with E-state index < -0.39 is 0 Å². The predicted molar refractivity (Wildman–Crippen MR) is 88.9 cm³/mol. The van der Waals surface area contributed by atoms with Gasteiger partial charge in [-0.2, -0.15) is 4.98 Å². The molecule has 10 heteroatoms. The summed E-state index contributed by atoms with van der Waals surface area (Å²) in [5, 5.41) is 5.70. The summed E-state index contributed by atoms with van der Waals surface area (Å²) in [4.78, 5) is 48.0. The smallest absolute Gasteiger partial charge is 0.280 e. The molecule has 0 saturated carbocycles. The summed E-state index contributed by atoms with van der Waals surface area (Å²) in [6.45, 7) is 2.42. The number of imidazole rings is 1. The van der Waals surface area contributed by atoms with Gasteiger partial charge in [0.2, 0.25) is 11.9 Å². The third-order valence-electron chi connectivity index (χ3n) is 3.42. The van der Waals surface area contributed by atoms with E-state index in [1.54, 1.807) is 14.1 Å². The van der Waals surface area contributed by atoms with Gasteiger partial charge in [-0.15, -0.1) is 0 Å². The van der Waals surface area contributed by atoms with Gasteiger partial charge in [-0.25, -0.2) is 4.98 Å². The van der Waals surface area contributed by atoms with E-state index in [1.165, 1.54) is 22.7 Å². The first-order valence-electron chi connectivity index (χ1n) is 7.51. The molecule has 0 aromatic carbocycles. The molecule has 2 aromatic rings. The molecule has 0 aliphatic heterocycles. The molecule has 3 N–H and O–H groups in total. The maximum Gasteiger partial charge on any atom is 0.280 e. The number of amides is 1. The fraction of sp³-hybridized carbons (Fsp3) is 0.500. The van der Waals surface area contributed by atoms with Crippen LogP contribution < -0.4 is 16.2 Å². The number of ketones is 1. The predicted octanol–water partition coefficient (Wildman–Crippen LogP) is -1.20. The van der Waals surface area contributed by atoms with Crippen LogP contribution in [0.5, 0.6) is 0 Å². The zero-order chi connectivity index (χ0) is 17.7. The van der Waals surface area contributed by atoms with Gasteiger partial charge in [-0.1, -0.05) is 0 Å². The first kappa shape index (κ1) is 17.6. The molecule has 0 atom stereocenters. The summed E-state index contributed by atoms with van der Waals surface area (Å²) >= 11 is 0. The van der Waals surface area contributed by atoms with E-state index in [-0.39, 0.29) is 41.8 Å². The van der Waals surface area contributed by atoms with Crippen molar-refractivity contribution in [2.24, 2.45) is 0 Å². The number of Topliss-reactive ketones (excluding diaryl/α,β-unsaturated/α-hetero) is 1. The number of fused-ring (bicyclic) bond motifs is 1. The Morgan fingerprint density at radius 2 is 2.12 bits per heavy atom. The second-order valence-electron chi connectivity index (χ2n) is 5.33. The number of hydrogen-bond donors (Lipinski definition) is 3. The van der Waals surface area contributed by atoms with Crippen LogP contribution >= 0.6 is 0 Å². The average Bonchev–Trinajstić information content (AvgIpc) is 2.94. The van der Waals surface area contributed by atoms with Gasteiger partial charge in [0, 0.05) is 20.1 Å². The maximum atomic E-state index is 12.5. The molecule has 2 rings (SSSR count). The molecule has 2 aromatic heterocycles. The van der Waals surface area contributed by atoms with Gasteiger partial charge in [0.1, 0.15) is 12.3 Å². The van der Waals surface area contributed by atoms with Gasteiger partial charge in [-0.3, -0.25) is 19.4 Å². The van der Waals surface area contributed by atoms with Crippen molar-refractivity contribution < 1.29 is 9.59 Å². The summed E-state index contributed by atoms with van der Waals surface area (Å²) in [5.41, 5.74) is 0.0920. The van der Waals surface area contributed by atoms with Crippen molar-refractivity contribution in [2.75, 3.05) is 39.0 Å². The second-order valence-corrected chi connectivity index (χ2v) is 5.33. The van der Waals surface area contributed by atoms with E-state index in [9.17, 15) is 14.4 Å². The molecule has 24 heavy (non-hydrogen) atoms. The van der Waals surface area contributed by atoms with Crippen LogP contribution in [0.15, 0.2) is 11.1 Å². The van der Waals surface area contributed by atoms with Crippen molar-refractivity contribution >= 4 is 28.8 Å². The Kier molecular flexibility index (Phi) is 5.64. The summed E-state index contributed by atoms with van der Waals surface area (Å²) in [5.74, 6) is -0.0488. The first-order chi connectivity index (χ1) is 11.5. The highest BCUT2D eigenvalue weighted by Crippen LogP contribution is 2.08. The largest absolute Gasteiger partial charge is 0.359 e. The molecule has 0 unspecified atom stereocenters. The van der Waals surface area contributed by atoms with Crippen molar-refractivity contribution in [1.82, 2.24) is 29.7 Å². The lowest BCUT2D eigenvalue weighted by atomic mass is 10.3. The van der Waals surface area contributed by atoms with Crippen molar-refractivity contribution in [3.63, 3.8) is 0 Å². The molecule has 0 aliphatic carbocycles. The minimum Gasteiger partial charge on any atom is -0.359 e. The highest BCUT2D eigenvalue weighted by Gasteiger charge is 2.18. The van der Waals surface area contributed by atoms with E-state index in [0.29, 0.717) is 18.7 Å². The molecule has 0 bridgehead atoms. The van der Waals surface area contributed by atoms with Crippen LogP contribution in [-0.2, 0) is 16.1 Å². The van der Waals surface area contributed by atoms with Crippen LogP contribution in [0, 0.1) is 0 Å². The van der Waals surface area contributed by atoms with Crippen molar-refractivity contribution in [3.8, 4) is 0 Å². The Morgan fingerprint density at radius 1 is 1.38 bits per heavy atom. The third kappa shape index (κ3) is 3.96. The number of aromatic nitrogens is 4. The zero-order valence-corrected chi connectivity index (χ0v) is 13.9. The minimum absolute atomic E-state index is 0.0446. The quantitative estimate of drug-likeness (QED) is 0.553. The highest BCUT2D eigenvalue weighted by molar-refractivity contribution is 5.85. The van der Waals surface area contributed by atoms with E-state index in [2.05, 4.69) is 25.6 Å². The number of likely N-dealkylation sites (N-methyl/N-ethyl adjacent to an activating group) is 1. The number of hydrogen-bond acceptors (Lipinski definition) is 7. The van der Waals surface area contributed by atoms with E-state index >= 15 is 0 Å². The summed E-state index contributed by atoms with van der Waals surface area (Å²) in [6.07, 6.45) is 1.40. The van der Waals surface area contributed by atoms with E-state index in [1.807, 2.05) is 0 Å². The molecule has 0 saturated heterocycles. The van der Waals surface area contributed by atoms with Gasteiger partial charge in [0.25, 0.3) is 5.56 Å². The molecule has 0 aliphatic rings. The van der Waals surface area contributed by atoms with Crippen LogP contribution in [0.25, 0.3) is 11.2 Å². The van der Waals surface area contributed by atoms with Crippen molar-refractivity contribution in [3.05, 3.63) is 16.7 Å². The molecule has 10 nitrogen and oxygen atoms in total. The fourth-order valence-electron chi connectivity index (χ4n) is 2.24. The average molecular weight is 335 g/mol. The number of carbonyl (C=O) groups excluding carboxylic acids is 2. The summed E-state index contributed by atoms with van der Waals surface area (Å²) in [7, 11) is 3.40. The molecule has 2 heterocycles. The van der Waals surface area contributed by atoms with Gasteiger partial charge < -0.3 is 20.1 Å². The number of rotatable bonds is 8. The number of nitrogens with zero attached hydrogens (tertiary/aromatic N) is 4. The van der Waals surface area contributed by atoms with Crippen LogP contribution in [0.4, 0.5) is 5.95 Å². The SMILES string of the molecule is CNCCN(CC(C)=O)C(=O)Cn1cnc2c(=O)[nH]c(NC)nc21. The minimum atomic E-state index is -0.383. The van der Waals surface area contributed by atoms with E-state index in [4.69, 9.17) is 0 Å². The van der Waals surface area contributed by atoms with Crippen molar-refractivity contribution in [2.45, 2.75) is 13.5 Å². The van der Waals surface area contributed by atoms with Gasteiger partial charge in [-0.05, 0) is 14.0 Å². The Labute approximate surface area is 138 Å². The number of carbonyl (C=O) groups is 2. The molecule has 0 spiro atoms. The lowest BCUT2D eigenvalue weighted by Gasteiger charge is -2.21. The topological polar surface area (TPSA) is 125 Å². The Bertz CT molecular complexity index is 795. The van der Waals surface area contributed by atoms with Crippen LogP contribution in [0.1, 0.15) is 6.92 Å². The van der Waals surface area contributed by atoms with E-state index in [0.717, 1.165) is 0 Å². The van der Waals surface area contributed by atoms with Gasteiger partial charge in [0.05, 0.1) is 12.9 Å². The second kappa shape index (κ2) is 7.68. The Hall–Kier alpha value is -2.75. The third-order valence-corrected chi connectivity index (χ3v) is 3.42. The van der Waals surface area contributed by atoms with Gasteiger partial charge in [0.15, 0.2) is 11.2 Å². The summed E-state index contributed by atoms with van der Waals surface area (Å²) < 4.78 is 1.50. The van der Waals surface area contributed by atoms with Crippen molar-refractivity contribution in [1.29, 1.82) is 0 Å². The molecular formula is C14H21N7O3. The lowest BCUT2D eigenvalue weighted by molar-refractivity contribution is -0.135. The molecule has 1 amide bonds. The monoisotopic (exact) mass is 335 g/mol. The molecule has 0 radical (unpaired) electrons. The Balaban J connectivity index is 2.26. The maximum absolute atomic E-state index is 12.5. The fourth-order valence-corrected chi connectivity index (χ4v) is 2.24. The standard InChI is InChI=1S/C14H21N7O3/c1-9(22)6-20(5-4-15-2)10(23)7-21-8-17-11-12(21)18-14(16-3)19-13(11)24/h8,15H,4-7H2,1-3H3,(H2,16,18,19,24). The van der Waals surface area contributed by atoms with Crippen LogP contribution in [0.2, 0.25) is 0 Å². The summed E-state index contributed by atoms with van der Waals surface area (Å²) in [6, 6.07) is 0. The number of nitrogens with one attached hydrogen (secondary N) is 3. The molecule has 130 valence electrons. The molecular weight excluding hydrogens is 314 g/mol. The normalized spacial score (nSPS) is 10.8. The number of anilines is 1.